The molecule has 8 heteroatoms. The van der Waals surface area contributed by atoms with E-state index in [4.69, 9.17) is 9.66 Å². The van der Waals surface area contributed by atoms with Gasteiger partial charge in [0.15, 0.2) is 0 Å². The van der Waals surface area contributed by atoms with Crippen LogP contribution in [0.5, 0.6) is 0 Å². The van der Waals surface area contributed by atoms with Gasteiger partial charge >= 0.3 is 40.0 Å². The van der Waals surface area contributed by atoms with E-state index in [-0.39, 0.29) is 36.5 Å². The maximum absolute atomic E-state index is 9.61. The first-order chi connectivity index (χ1) is 3.56. The molecule has 60 valence electrons. The van der Waals surface area contributed by atoms with Crippen molar-refractivity contribution in [3.05, 3.63) is 0 Å². The number of hydrogen-bond acceptors (Lipinski definition) is 4. The summed E-state index contributed by atoms with van der Waals surface area (Å²) in [5, 5.41) is 7.93. The minimum Gasteiger partial charge on any atom is -1.00 e. The molecule has 0 unspecified atom stereocenters. The zero-order valence-corrected chi connectivity index (χ0v) is 8.26. The second-order valence-corrected chi connectivity index (χ2v) is 2.06. The average molecular weight is 184 g/mol. The second-order valence-electron chi connectivity index (χ2n) is 0.973. The summed E-state index contributed by atoms with van der Waals surface area (Å²) < 4.78 is 30.7. The van der Waals surface area contributed by atoms with Crippen LogP contribution in [0.4, 0.5) is 0 Å². The number of aliphatic hydroxyl groups excluding tert-OH is 1. The van der Waals surface area contributed by atoms with Gasteiger partial charge in [0.2, 0.25) is 0 Å². The fraction of sp³-hybridized carbons (Fsp3) is 1.00. The predicted octanol–water partition coefficient (Wildman–Crippen LogP) is -4.91. The number of hydrogen-bond donors (Lipinski definition) is 2. The van der Waals surface area contributed by atoms with Crippen LogP contribution in [0.3, 0.4) is 0 Å². The third kappa shape index (κ3) is 15.9. The van der Waals surface area contributed by atoms with E-state index >= 15 is 0 Å². The zero-order valence-electron chi connectivity index (χ0n) is 6.44. The molecule has 4 N–H and O–H groups in total. The molecule has 0 aliphatic carbocycles. The van der Waals surface area contributed by atoms with Gasteiger partial charge in [0.25, 0.3) is 0 Å². The van der Waals surface area contributed by atoms with Gasteiger partial charge in [0, 0.05) is 0 Å². The monoisotopic (exact) mass is 184 g/mol. The fourth-order valence-electron chi connectivity index (χ4n) is 0.143. The summed E-state index contributed by atoms with van der Waals surface area (Å²) in [5.41, 5.74) is 0. The summed E-state index contributed by atoms with van der Waals surface area (Å²) in [4.78, 5) is 0. The normalized spacial score (nSPS) is 9.40. The summed E-state index contributed by atoms with van der Waals surface area (Å²) in [6.07, 6.45) is 0. The third-order valence-electron chi connectivity index (χ3n) is 0.324. The van der Waals surface area contributed by atoms with Crippen molar-refractivity contribution in [3.63, 3.8) is 0 Å². The van der Waals surface area contributed by atoms with Crippen molar-refractivity contribution in [2.45, 2.75) is 0 Å². The van der Waals surface area contributed by atoms with Crippen LogP contribution >= 0.6 is 0 Å². The first-order valence-corrected chi connectivity index (χ1v) is 3.15. The van der Waals surface area contributed by atoms with E-state index < -0.39 is 23.6 Å². The van der Waals surface area contributed by atoms with Crippen LogP contribution in [0, 0.1) is 0 Å². The molecule has 0 atom stereocenters. The van der Waals surface area contributed by atoms with Crippen molar-refractivity contribution in [2.24, 2.45) is 0 Å². The molecular formula is C2H9NaO6S. The van der Waals surface area contributed by atoms with Crippen molar-refractivity contribution in [1.29, 1.82) is 0 Å². The summed E-state index contributed by atoms with van der Waals surface area (Å²) in [6.45, 7) is -0.835. The Balaban J connectivity index is -0.0000000817. The molecule has 0 amide bonds. The number of rotatable bonds is 3. The van der Waals surface area contributed by atoms with Crippen molar-refractivity contribution in [1.82, 2.24) is 0 Å². The summed E-state index contributed by atoms with van der Waals surface area (Å²) >= 11 is 0. The van der Waals surface area contributed by atoms with Gasteiger partial charge < -0.3 is 12.0 Å². The molecule has 0 heterocycles. The van der Waals surface area contributed by atoms with Gasteiger partial charge in [0.1, 0.15) is 0 Å². The van der Waals surface area contributed by atoms with Crippen LogP contribution < -0.4 is 29.6 Å². The minimum atomic E-state index is -4.35. The Kier molecular flexibility index (Phi) is 13.4. The molecule has 0 saturated heterocycles. The van der Waals surface area contributed by atoms with E-state index in [0.29, 0.717) is 0 Å². The van der Waals surface area contributed by atoms with Crippen molar-refractivity contribution >= 4 is 10.4 Å². The molecule has 0 aliphatic heterocycles. The fourth-order valence-corrected chi connectivity index (χ4v) is 0.428. The Morgan fingerprint density at radius 1 is 1.50 bits per heavy atom. The van der Waals surface area contributed by atoms with Gasteiger partial charge in [-0.2, -0.15) is 8.42 Å². The van der Waals surface area contributed by atoms with Crippen molar-refractivity contribution in [2.75, 3.05) is 13.2 Å². The summed E-state index contributed by atoms with van der Waals surface area (Å²) in [7, 11) is -4.35. The smallest absolute Gasteiger partial charge is 1.00 e. The Bertz CT molecular complexity index is 145. The van der Waals surface area contributed by atoms with E-state index in [2.05, 4.69) is 4.18 Å². The van der Waals surface area contributed by atoms with Gasteiger partial charge in [-0.25, -0.2) is 4.18 Å². The first-order valence-electron chi connectivity index (χ1n) is 1.79. The maximum Gasteiger partial charge on any atom is 1.00 e. The topological polar surface area (TPSA) is 115 Å². The van der Waals surface area contributed by atoms with E-state index in [1.807, 2.05) is 0 Å². The molecule has 10 heavy (non-hydrogen) atoms. The number of aliphatic hydroxyl groups is 1. The molecule has 0 radical (unpaired) electrons. The molecule has 0 rings (SSSR count). The molecule has 0 saturated carbocycles. The van der Waals surface area contributed by atoms with E-state index in [0.717, 1.165) is 0 Å². The molecule has 0 aromatic rings. The van der Waals surface area contributed by atoms with Gasteiger partial charge in [0.05, 0.1) is 13.2 Å². The largest absolute Gasteiger partial charge is 1.00 e. The van der Waals surface area contributed by atoms with Crippen LogP contribution in [-0.2, 0) is 14.6 Å². The molecule has 0 aliphatic rings. The maximum atomic E-state index is 9.61. The molecule has 0 spiro atoms. The molecule has 0 aromatic heterocycles. The van der Waals surface area contributed by atoms with Crippen LogP contribution in [0.15, 0.2) is 0 Å². The van der Waals surface area contributed by atoms with Gasteiger partial charge in [-0.15, -0.1) is 0 Å². The second kappa shape index (κ2) is 7.89. The van der Waals surface area contributed by atoms with Gasteiger partial charge in [-0.3, -0.25) is 4.55 Å². The Labute approximate surface area is 82.2 Å². The molecule has 0 fully saturated rings. The van der Waals surface area contributed by atoms with Crippen LogP contribution in [0.2, 0.25) is 0 Å². The first kappa shape index (κ1) is 17.0. The van der Waals surface area contributed by atoms with Crippen molar-refractivity contribution in [3.8, 4) is 0 Å². The summed E-state index contributed by atoms with van der Waals surface area (Å²) in [5.74, 6) is 0. The summed E-state index contributed by atoms with van der Waals surface area (Å²) in [6, 6.07) is 0. The Morgan fingerprint density at radius 3 is 2.00 bits per heavy atom. The standard InChI is InChI=1S/C2H6O5S.Na.H2O.H/c3-1-2-7-8(4,5)6;;;/h3H,1-2H2,(H,4,5,6);;1H2;/q;+1;;-1. The molecule has 0 bridgehead atoms. The Morgan fingerprint density at radius 2 is 1.90 bits per heavy atom. The van der Waals surface area contributed by atoms with Gasteiger partial charge in [-0.1, -0.05) is 0 Å². The minimum absolute atomic E-state index is 0. The third-order valence-corrected chi connectivity index (χ3v) is 0.788. The molecule has 0 aromatic carbocycles. The molecule has 6 nitrogen and oxygen atoms in total. The van der Waals surface area contributed by atoms with Crippen molar-refractivity contribution < 1.29 is 58.7 Å². The predicted molar refractivity (Wildman–Crippen MR) is 29.3 cm³/mol. The molecular weight excluding hydrogens is 175 g/mol. The quantitative estimate of drug-likeness (QED) is 0.337. The van der Waals surface area contributed by atoms with Crippen LogP contribution in [0.25, 0.3) is 0 Å². The van der Waals surface area contributed by atoms with E-state index in [1.165, 1.54) is 0 Å². The SMILES string of the molecule is O.O=S(=O)(O)OCCO.[H-].[Na+]. The van der Waals surface area contributed by atoms with E-state index in [1.54, 1.807) is 0 Å². The average Bonchev–Trinajstić information content (AvgIpc) is 1.59. The van der Waals surface area contributed by atoms with E-state index in [9.17, 15) is 8.42 Å². The zero-order chi connectivity index (χ0) is 6.62. The van der Waals surface area contributed by atoms with Crippen LogP contribution in [0.1, 0.15) is 1.43 Å². The Hall–Kier alpha value is 0.790. The van der Waals surface area contributed by atoms with Gasteiger partial charge in [-0.05, 0) is 0 Å². The van der Waals surface area contributed by atoms with Crippen LogP contribution in [-0.4, -0.2) is 36.8 Å².